The van der Waals surface area contributed by atoms with Crippen LogP contribution >= 0.6 is 15.9 Å². The van der Waals surface area contributed by atoms with Crippen LogP contribution in [0.1, 0.15) is 6.92 Å². The van der Waals surface area contributed by atoms with Crippen molar-refractivity contribution in [1.29, 1.82) is 0 Å². The molecule has 1 unspecified atom stereocenters. The topological polar surface area (TPSA) is 46.2 Å². The molecule has 1 N–H and O–H groups in total. The lowest BCUT2D eigenvalue weighted by atomic mass is 10.3. The molecule has 7 heteroatoms. The van der Waals surface area contributed by atoms with Crippen molar-refractivity contribution < 1.29 is 17.2 Å². The molecule has 0 spiro atoms. The van der Waals surface area contributed by atoms with Crippen LogP contribution in [0.2, 0.25) is 0 Å². The van der Waals surface area contributed by atoms with Crippen molar-refractivity contribution in [3.8, 4) is 0 Å². The SMILES string of the molecule is CC(CBr)NS(=O)(=O)c1ccc(F)cc1F. The van der Waals surface area contributed by atoms with Crippen molar-refractivity contribution in [2.45, 2.75) is 17.9 Å². The summed E-state index contributed by atoms with van der Waals surface area (Å²) in [6.07, 6.45) is 0. The molecule has 1 aromatic rings. The first-order valence-electron chi connectivity index (χ1n) is 4.40. The average molecular weight is 314 g/mol. The molecule has 0 saturated heterocycles. The molecule has 0 amide bonds. The lowest BCUT2D eigenvalue weighted by Crippen LogP contribution is -2.34. The van der Waals surface area contributed by atoms with Crippen LogP contribution in [0.5, 0.6) is 0 Å². The minimum Gasteiger partial charge on any atom is -0.207 e. The van der Waals surface area contributed by atoms with Gasteiger partial charge in [-0.1, -0.05) is 15.9 Å². The number of rotatable bonds is 4. The zero-order valence-corrected chi connectivity index (χ0v) is 10.8. The number of halogens is 3. The van der Waals surface area contributed by atoms with Gasteiger partial charge in [0, 0.05) is 17.4 Å². The van der Waals surface area contributed by atoms with E-state index in [0.717, 1.165) is 12.1 Å². The Kier molecular flexibility index (Phi) is 4.40. The van der Waals surface area contributed by atoms with Gasteiger partial charge in [0.25, 0.3) is 0 Å². The molecule has 0 aliphatic heterocycles. The van der Waals surface area contributed by atoms with Gasteiger partial charge in [-0.3, -0.25) is 0 Å². The molecule has 0 radical (unpaired) electrons. The summed E-state index contributed by atoms with van der Waals surface area (Å²) < 4.78 is 51.4. The molecule has 0 aliphatic carbocycles. The summed E-state index contributed by atoms with van der Waals surface area (Å²) in [7, 11) is -3.94. The van der Waals surface area contributed by atoms with E-state index in [2.05, 4.69) is 20.7 Å². The lowest BCUT2D eigenvalue weighted by Gasteiger charge is -2.11. The van der Waals surface area contributed by atoms with Gasteiger partial charge in [0.1, 0.15) is 16.5 Å². The molecule has 0 fully saturated rings. The predicted molar refractivity (Wildman–Crippen MR) is 59.9 cm³/mol. The van der Waals surface area contributed by atoms with Crippen LogP contribution in [0.25, 0.3) is 0 Å². The van der Waals surface area contributed by atoms with E-state index in [1.165, 1.54) is 0 Å². The standard InChI is InChI=1S/C9H10BrF2NO2S/c1-6(5-10)13-16(14,15)9-3-2-7(11)4-8(9)12/h2-4,6,13H,5H2,1H3. The third-order valence-electron chi connectivity index (χ3n) is 1.77. The van der Waals surface area contributed by atoms with E-state index < -0.39 is 26.6 Å². The Balaban J connectivity index is 3.08. The van der Waals surface area contributed by atoms with E-state index in [1.807, 2.05) is 0 Å². The molecule has 0 bridgehead atoms. The van der Waals surface area contributed by atoms with Crippen LogP contribution in [-0.4, -0.2) is 19.8 Å². The molecule has 3 nitrogen and oxygen atoms in total. The van der Waals surface area contributed by atoms with Gasteiger partial charge in [0.05, 0.1) is 0 Å². The van der Waals surface area contributed by atoms with Crippen molar-refractivity contribution in [3.05, 3.63) is 29.8 Å². The summed E-state index contributed by atoms with van der Waals surface area (Å²) in [6.45, 7) is 1.62. The van der Waals surface area contributed by atoms with Crippen LogP contribution in [0.3, 0.4) is 0 Å². The van der Waals surface area contributed by atoms with E-state index in [1.54, 1.807) is 6.92 Å². The van der Waals surface area contributed by atoms with Gasteiger partial charge in [-0.05, 0) is 19.1 Å². The monoisotopic (exact) mass is 313 g/mol. The van der Waals surface area contributed by atoms with Crippen LogP contribution in [0, 0.1) is 11.6 Å². The van der Waals surface area contributed by atoms with Crippen molar-refractivity contribution >= 4 is 26.0 Å². The van der Waals surface area contributed by atoms with E-state index in [-0.39, 0.29) is 6.04 Å². The Morgan fingerprint density at radius 2 is 2.06 bits per heavy atom. The number of hydrogen-bond acceptors (Lipinski definition) is 2. The predicted octanol–water partition coefficient (Wildman–Crippen LogP) is 2.03. The summed E-state index contributed by atoms with van der Waals surface area (Å²) in [5.74, 6) is -1.92. The number of alkyl halides is 1. The highest BCUT2D eigenvalue weighted by Gasteiger charge is 2.21. The third kappa shape index (κ3) is 3.23. The van der Waals surface area contributed by atoms with Crippen LogP contribution in [0.15, 0.2) is 23.1 Å². The molecular formula is C9H10BrF2NO2S. The molecule has 16 heavy (non-hydrogen) atoms. The zero-order chi connectivity index (χ0) is 12.3. The second-order valence-electron chi connectivity index (χ2n) is 3.25. The maximum atomic E-state index is 13.2. The minimum absolute atomic E-state index is 0.380. The van der Waals surface area contributed by atoms with Gasteiger partial charge >= 0.3 is 0 Å². The highest BCUT2D eigenvalue weighted by Crippen LogP contribution is 2.15. The fraction of sp³-hybridized carbons (Fsp3) is 0.333. The second-order valence-corrected chi connectivity index (χ2v) is 5.58. The third-order valence-corrected chi connectivity index (χ3v) is 4.37. The molecule has 0 aliphatic rings. The van der Waals surface area contributed by atoms with E-state index in [9.17, 15) is 17.2 Å². The lowest BCUT2D eigenvalue weighted by molar-refractivity contribution is 0.539. The second kappa shape index (κ2) is 5.20. The maximum Gasteiger partial charge on any atom is 0.243 e. The van der Waals surface area contributed by atoms with Crippen LogP contribution in [-0.2, 0) is 10.0 Å². The Morgan fingerprint density at radius 1 is 1.44 bits per heavy atom. The quantitative estimate of drug-likeness (QED) is 0.865. The Morgan fingerprint density at radius 3 is 2.56 bits per heavy atom. The summed E-state index contributed by atoms with van der Waals surface area (Å²) >= 11 is 3.09. The van der Waals surface area contributed by atoms with Crippen molar-refractivity contribution in [1.82, 2.24) is 4.72 Å². The molecule has 1 atom stereocenters. The molecule has 90 valence electrons. The Bertz CT molecular complexity index is 478. The fourth-order valence-corrected chi connectivity index (χ4v) is 2.73. The van der Waals surface area contributed by atoms with Gasteiger partial charge in [0.2, 0.25) is 10.0 Å². The number of sulfonamides is 1. The van der Waals surface area contributed by atoms with Crippen molar-refractivity contribution in [2.75, 3.05) is 5.33 Å². The van der Waals surface area contributed by atoms with Gasteiger partial charge in [-0.2, -0.15) is 0 Å². The first kappa shape index (κ1) is 13.5. The molecule has 1 aromatic carbocycles. The van der Waals surface area contributed by atoms with Gasteiger partial charge < -0.3 is 0 Å². The molecule has 0 heterocycles. The van der Waals surface area contributed by atoms with E-state index >= 15 is 0 Å². The molecule has 0 aromatic heterocycles. The zero-order valence-electron chi connectivity index (χ0n) is 8.38. The van der Waals surface area contributed by atoms with Gasteiger partial charge in [-0.15, -0.1) is 0 Å². The number of benzene rings is 1. The summed E-state index contributed by atoms with van der Waals surface area (Å²) in [4.78, 5) is -0.554. The molecular weight excluding hydrogens is 304 g/mol. The van der Waals surface area contributed by atoms with Gasteiger partial charge in [0.15, 0.2) is 0 Å². The van der Waals surface area contributed by atoms with Crippen molar-refractivity contribution in [2.24, 2.45) is 0 Å². The van der Waals surface area contributed by atoms with Crippen molar-refractivity contribution in [3.63, 3.8) is 0 Å². The first-order chi connectivity index (χ1) is 7.36. The maximum absolute atomic E-state index is 13.2. The summed E-state index contributed by atoms with van der Waals surface area (Å²) in [5.41, 5.74) is 0. The molecule has 1 rings (SSSR count). The fourth-order valence-electron chi connectivity index (χ4n) is 1.05. The normalized spacial score (nSPS) is 13.8. The number of nitrogens with one attached hydrogen (secondary N) is 1. The average Bonchev–Trinajstić information content (AvgIpc) is 2.16. The minimum atomic E-state index is -3.94. The summed E-state index contributed by atoms with van der Waals surface area (Å²) in [6, 6.07) is 1.95. The first-order valence-corrected chi connectivity index (χ1v) is 7.00. The summed E-state index contributed by atoms with van der Waals surface area (Å²) in [5, 5.41) is 0.398. The Hall–Kier alpha value is -0.530. The highest BCUT2D eigenvalue weighted by molar-refractivity contribution is 9.09. The van der Waals surface area contributed by atoms with Crippen LogP contribution < -0.4 is 4.72 Å². The Labute approximate surface area is 101 Å². The van der Waals surface area contributed by atoms with E-state index in [4.69, 9.17) is 0 Å². The van der Waals surface area contributed by atoms with Gasteiger partial charge in [-0.25, -0.2) is 21.9 Å². The number of hydrogen-bond donors (Lipinski definition) is 1. The smallest absolute Gasteiger partial charge is 0.207 e. The largest absolute Gasteiger partial charge is 0.243 e. The highest BCUT2D eigenvalue weighted by atomic mass is 79.9. The van der Waals surface area contributed by atoms with Crippen LogP contribution in [0.4, 0.5) is 8.78 Å². The molecule has 0 saturated carbocycles. The van der Waals surface area contributed by atoms with E-state index in [0.29, 0.717) is 11.4 Å².